The first kappa shape index (κ1) is 17.1. The molecule has 20 heavy (non-hydrogen) atoms. The molecular weight excluding hydrogens is 280 g/mol. The van der Waals surface area contributed by atoms with Gasteiger partial charge in [-0.1, -0.05) is 0 Å². The Morgan fingerprint density at radius 1 is 1.40 bits per heavy atom. The highest BCUT2D eigenvalue weighted by molar-refractivity contribution is 7.92. The topological polar surface area (TPSA) is 86.1 Å². The monoisotopic (exact) mass is 304 g/mol. The van der Waals surface area contributed by atoms with E-state index >= 15 is 0 Å². The molecule has 0 amide bonds. The standard InChI is InChI=1S/C12H24N4O3S/c1-12(2,3)20(17,18)8-6-16-10-14-11(15-16)9-13-5-7-19-4/h10,13H,5-9H2,1-4H3. The van der Waals surface area contributed by atoms with Crippen molar-refractivity contribution in [3.05, 3.63) is 12.2 Å². The zero-order valence-electron chi connectivity index (χ0n) is 12.6. The van der Waals surface area contributed by atoms with Crippen LogP contribution < -0.4 is 5.32 Å². The van der Waals surface area contributed by atoms with Gasteiger partial charge in [0.05, 0.1) is 30.2 Å². The Morgan fingerprint density at radius 2 is 2.10 bits per heavy atom. The Labute approximate surface area is 120 Å². The molecule has 0 spiro atoms. The van der Waals surface area contributed by atoms with Gasteiger partial charge in [0.15, 0.2) is 15.7 Å². The van der Waals surface area contributed by atoms with Crippen molar-refractivity contribution in [1.29, 1.82) is 0 Å². The lowest BCUT2D eigenvalue weighted by atomic mass is 10.3. The second kappa shape index (κ2) is 7.14. The maximum Gasteiger partial charge on any atom is 0.164 e. The van der Waals surface area contributed by atoms with Crippen molar-refractivity contribution < 1.29 is 13.2 Å². The first-order valence-corrected chi connectivity index (χ1v) is 8.22. The van der Waals surface area contributed by atoms with Crippen molar-refractivity contribution in [3.63, 3.8) is 0 Å². The van der Waals surface area contributed by atoms with Crippen LogP contribution in [0.25, 0.3) is 0 Å². The first-order chi connectivity index (χ1) is 9.26. The summed E-state index contributed by atoms with van der Waals surface area (Å²) in [5, 5.41) is 7.36. The molecule has 0 saturated carbocycles. The van der Waals surface area contributed by atoms with Gasteiger partial charge in [-0.05, 0) is 20.8 Å². The predicted molar refractivity (Wildman–Crippen MR) is 77.1 cm³/mol. The summed E-state index contributed by atoms with van der Waals surface area (Å²) >= 11 is 0. The molecule has 116 valence electrons. The number of rotatable bonds is 8. The van der Waals surface area contributed by atoms with Crippen LogP contribution in [0.4, 0.5) is 0 Å². The number of sulfone groups is 1. The van der Waals surface area contributed by atoms with Gasteiger partial charge >= 0.3 is 0 Å². The fraction of sp³-hybridized carbons (Fsp3) is 0.833. The van der Waals surface area contributed by atoms with E-state index in [-0.39, 0.29) is 5.75 Å². The number of ether oxygens (including phenoxy) is 1. The average Bonchev–Trinajstić information content (AvgIpc) is 2.79. The Kier molecular flexibility index (Phi) is 6.09. The van der Waals surface area contributed by atoms with E-state index in [9.17, 15) is 8.42 Å². The van der Waals surface area contributed by atoms with Crippen molar-refractivity contribution in [2.45, 2.75) is 38.6 Å². The lowest BCUT2D eigenvalue weighted by molar-refractivity contribution is 0.199. The van der Waals surface area contributed by atoms with Crippen LogP contribution in [0.3, 0.4) is 0 Å². The fourth-order valence-electron chi connectivity index (χ4n) is 1.42. The molecule has 8 heteroatoms. The van der Waals surface area contributed by atoms with Gasteiger partial charge in [-0.25, -0.2) is 13.4 Å². The van der Waals surface area contributed by atoms with E-state index in [2.05, 4.69) is 15.4 Å². The molecule has 0 radical (unpaired) electrons. The number of nitrogens with one attached hydrogen (secondary N) is 1. The van der Waals surface area contributed by atoms with E-state index in [0.717, 1.165) is 6.54 Å². The molecule has 0 unspecified atom stereocenters. The summed E-state index contributed by atoms with van der Waals surface area (Å²) in [6.45, 7) is 7.33. The average molecular weight is 304 g/mol. The Morgan fingerprint density at radius 3 is 2.70 bits per heavy atom. The third-order valence-electron chi connectivity index (χ3n) is 2.87. The molecule has 0 saturated heterocycles. The number of methoxy groups -OCH3 is 1. The molecule has 0 aliphatic rings. The first-order valence-electron chi connectivity index (χ1n) is 6.56. The summed E-state index contributed by atoms with van der Waals surface area (Å²) in [6.07, 6.45) is 1.56. The Hall–Kier alpha value is -0.990. The number of nitrogens with zero attached hydrogens (tertiary/aromatic N) is 3. The minimum absolute atomic E-state index is 0.0659. The largest absolute Gasteiger partial charge is 0.383 e. The minimum atomic E-state index is -3.13. The normalized spacial score (nSPS) is 12.8. The highest BCUT2D eigenvalue weighted by atomic mass is 32.2. The van der Waals surface area contributed by atoms with Crippen molar-refractivity contribution in [2.24, 2.45) is 0 Å². The summed E-state index contributed by atoms with van der Waals surface area (Å²) in [7, 11) is -1.49. The zero-order valence-corrected chi connectivity index (χ0v) is 13.4. The van der Waals surface area contributed by atoms with Crippen molar-refractivity contribution in [1.82, 2.24) is 20.1 Å². The van der Waals surface area contributed by atoms with Crippen LogP contribution in [0.5, 0.6) is 0 Å². The summed E-state index contributed by atoms with van der Waals surface area (Å²) in [5.41, 5.74) is 0. The smallest absolute Gasteiger partial charge is 0.164 e. The summed E-state index contributed by atoms with van der Waals surface area (Å²) in [6, 6.07) is 0. The lowest BCUT2D eigenvalue weighted by Gasteiger charge is -2.18. The van der Waals surface area contributed by atoms with Gasteiger partial charge in [-0.2, -0.15) is 5.10 Å². The number of hydrogen-bond acceptors (Lipinski definition) is 6. The quantitative estimate of drug-likeness (QED) is 0.692. The van der Waals surface area contributed by atoms with E-state index in [0.29, 0.717) is 25.5 Å². The van der Waals surface area contributed by atoms with E-state index in [1.54, 1.807) is 38.9 Å². The predicted octanol–water partition coefficient (Wildman–Crippen LogP) is 0.227. The third-order valence-corrected chi connectivity index (χ3v) is 5.46. The fourth-order valence-corrected chi connectivity index (χ4v) is 2.46. The lowest BCUT2D eigenvalue weighted by Crippen LogP contribution is -2.32. The van der Waals surface area contributed by atoms with Gasteiger partial charge in [0.25, 0.3) is 0 Å². The molecule has 1 aromatic rings. The second-order valence-electron chi connectivity index (χ2n) is 5.52. The number of hydrogen-bond donors (Lipinski definition) is 1. The van der Waals surface area contributed by atoms with Gasteiger partial charge in [0.2, 0.25) is 0 Å². The summed E-state index contributed by atoms with van der Waals surface area (Å²) in [5.74, 6) is 0.713. The van der Waals surface area contributed by atoms with Crippen LogP contribution in [-0.2, 0) is 27.7 Å². The number of aryl methyl sites for hydroxylation is 1. The molecule has 7 nitrogen and oxygen atoms in total. The molecule has 1 N–H and O–H groups in total. The van der Waals surface area contributed by atoms with Crippen molar-refractivity contribution >= 4 is 9.84 Å². The maximum absolute atomic E-state index is 12.0. The van der Waals surface area contributed by atoms with Crippen LogP contribution in [0.2, 0.25) is 0 Å². The van der Waals surface area contributed by atoms with Crippen LogP contribution in [0, 0.1) is 0 Å². The van der Waals surface area contributed by atoms with E-state index in [4.69, 9.17) is 4.74 Å². The zero-order chi connectivity index (χ0) is 15.2. The van der Waals surface area contributed by atoms with E-state index in [1.165, 1.54) is 0 Å². The van der Waals surface area contributed by atoms with E-state index < -0.39 is 14.6 Å². The van der Waals surface area contributed by atoms with Crippen LogP contribution in [0.1, 0.15) is 26.6 Å². The van der Waals surface area contributed by atoms with Gasteiger partial charge in [0, 0.05) is 13.7 Å². The molecule has 1 aromatic heterocycles. The van der Waals surface area contributed by atoms with Crippen LogP contribution >= 0.6 is 0 Å². The molecule has 0 aliphatic carbocycles. The molecule has 0 aliphatic heterocycles. The molecule has 0 aromatic carbocycles. The minimum Gasteiger partial charge on any atom is -0.383 e. The molecule has 0 atom stereocenters. The molecule has 1 rings (SSSR count). The Bertz CT molecular complexity index is 505. The highest BCUT2D eigenvalue weighted by Gasteiger charge is 2.28. The van der Waals surface area contributed by atoms with Gasteiger partial charge in [-0.3, -0.25) is 4.68 Å². The SMILES string of the molecule is COCCNCc1ncn(CCS(=O)(=O)C(C)(C)C)n1. The maximum atomic E-state index is 12.0. The second-order valence-corrected chi connectivity index (χ2v) is 8.39. The summed E-state index contributed by atoms with van der Waals surface area (Å²) < 4.78 is 29.7. The van der Waals surface area contributed by atoms with Gasteiger partial charge in [-0.15, -0.1) is 0 Å². The molecule has 0 fully saturated rings. The molecular formula is C12H24N4O3S. The van der Waals surface area contributed by atoms with Crippen molar-refractivity contribution in [3.8, 4) is 0 Å². The van der Waals surface area contributed by atoms with Crippen LogP contribution in [-0.4, -0.2) is 53.9 Å². The molecule has 1 heterocycles. The van der Waals surface area contributed by atoms with E-state index in [1.807, 2.05) is 0 Å². The van der Waals surface area contributed by atoms with Crippen molar-refractivity contribution in [2.75, 3.05) is 26.0 Å². The summed E-state index contributed by atoms with van der Waals surface area (Å²) in [4.78, 5) is 4.13. The third kappa shape index (κ3) is 5.18. The van der Waals surface area contributed by atoms with Gasteiger partial charge in [0.1, 0.15) is 6.33 Å². The Balaban J connectivity index is 2.45. The highest BCUT2D eigenvalue weighted by Crippen LogP contribution is 2.15. The van der Waals surface area contributed by atoms with Crippen LogP contribution in [0.15, 0.2) is 6.33 Å². The molecule has 0 bridgehead atoms. The van der Waals surface area contributed by atoms with Gasteiger partial charge < -0.3 is 10.1 Å². The number of aromatic nitrogens is 3.